The van der Waals surface area contributed by atoms with Crippen LogP contribution in [-0.4, -0.2) is 22.8 Å². The fourth-order valence-electron chi connectivity index (χ4n) is 1.92. The molecule has 3 rings (SSSR count). The lowest BCUT2D eigenvalue weighted by atomic mass is 10.1. The molecule has 1 heterocycles. The van der Waals surface area contributed by atoms with Crippen LogP contribution in [-0.2, 0) is 4.79 Å². The Kier molecular flexibility index (Phi) is 5.12. The van der Waals surface area contributed by atoms with Crippen LogP contribution in [0.25, 0.3) is 11.3 Å². The molecule has 0 aliphatic rings. The number of halogens is 2. The van der Waals surface area contributed by atoms with Gasteiger partial charge in [0.25, 0.3) is 5.91 Å². The number of carbonyl (C=O) groups excluding carboxylic acids is 1. The van der Waals surface area contributed by atoms with E-state index in [1.807, 2.05) is 12.1 Å². The summed E-state index contributed by atoms with van der Waals surface area (Å²) >= 11 is 9.19. The van der Waals surface area contributed by atoms with Crippen LogP contribution in [0.4, 0.5) is 5.82 Å². The maximum Gasteiger partial charge on any atom is 0.263 e. The van der Waals surface area contributed by atoms with Crippen molar-refractivity contribution in [3.05, 3.63) is 58.0 Å². The number of anilines is 1. The standard InChI is InChI=1S/C16H11BrClN3O3/c17-11-3-7-13(8-4-11)23-9-14(22)19-16-15(20-24-21-16)10-1-5-12(18)6-2-10/h1-8H,9H2,(H,19,21,22). The van der Waals surface area contributed by atoms with Gasteiger partial charge in [-0.1, -0.05) is 39.7 Å². The van der Waals surface area contributed by atoms with Gasteiger partial charge in [-0.2, -0.15) is 0 Å². The van der Waals surface area contributed by atoms with Crippen molar-refractivity contribution in [3.8, 4) is 17.0 Å². The van der Waals surface area contributed by atoms with Gasteiger partial charge in [0.2, 0.25) is 5.82 Å². The Morgan fingerprint density at radius 3 is 2.54 bits per heavy atom. The van der Waals surface area contributed by atoms with Gasteiger partial charge in [0.1, 0.15) is 5.75 Å². The molecule has 0 atom stereocenters. The second-order valence-corrected chi connectivity index (χ2v) is 6.11. The van der Waals surface area contributed by atoms with Crippen LogP contribution in [0.5, 0.6) is 5.75 Å². The molecule has 2 aromatic carbocycles. The van der Waals surface area contributed by atoms with Gasteiger partial charge in [-0.25, -0.2) is 4.63 Å². The smallest absolute Gasteiger partial charge is 0.263 e. The van der Waals surface area contributed by atoms with Crippen molar-refractivity contribution in [2.45, 2.75) is 0 Å². The number of rotatable bonds is 5. The normalized spacial score (nSPS) is 10.4. The van der Waals surface area contributed by atoms with E-state index in [2.05, 4.69) is 31.6 Å². The zero-order chi connectivity index (χ0) is 16.9. The molecule has 24 heavy (non-hydrogen) atoms. The molecule has 0 unspecified atom stereocenters. The van der Waals surface area contributed by atoms with Gasteiger partial charge in [-0.3, -0.25) is 4.79 Å². The van der Waals surface area contributed by atoms with E-state index < -0.39 is 0 Å². The second kappa shape index (κ2) is 7.46. The lowest BCUT2D eigenvalue weighted by molar-refractivity contribution is -0.118. The molecule has 6 nitrogen and oxygen atoms in total. The molecule has 0 aliphatic carbocycles. The summed E-state index contributed by atoms with van der Waals surface area (Å²) in [6, 6.07) is 14.1. The van der Waals surface area contributed by atoms with Gasteiger partial charge in [0.15, 0.2) is 12.3 Å². The number of hydrogen-bond acceptors (Lipinski definition) is 5. The number of ether oxygens (including phenoxy) is 1. The van der Waals surface area contributed by atoms with E-state index >= 15 is 0 Å². The minimum absolute atomic E-state index is 0.158. The molecule has 0 saturated carbocycles. The van der Waals surface area contributed by atoms with Gasteiger partial charge in [-0.05, 0) is 46.7 Å². The van der Waals surface area contributed by atoms with Gasteiger partial charge in [-0.15, -0.1) is 0 Å². The third-order valence-corrected chi connectivity index (χ3v) is 3.83. The molecule has 1 N–H and O–H groups in total. The number of nitrogens with one attached hydrogen (secondary N) is 1. The van der Waals surface area contributed by atoms with Gasteiger partial charge in [0, 0.05) is 15.1 Å². The predicted octanol–water partition coefficient (Wildman–Crippen LogP) is 4.17. The number of aromatic nitrogens is 2. The number of carbonyl (C=O) groups is 1. The van der Waals surface area contributed by atoms with E-state index in [-0.39, 0.29) is 18.3 Å². The van der Waals surface area contributed by atoms with Crippen molar-refractivity contribution in [2.24, 2.45) is 0 Å². The first-order chi connectivity index (χ1) is 11.6. The van der Waals surface area contributed by atoms with Crippen molar-refractivity contribution in [1.29, 1.82) is 0 Å². The summed E-state index contributed by atoms with van der Waals surface area (Å²) in [5.41, 5.74) is 1.15. The molecule has 0 fully saturated rings. The Labute approximate surface area is 150 Å². The Bertz CT molecular complexity index is 835. The first kappa shape index (κ1) is 16.5. The van der Waals surface area contributed by atoms with Crippen molar-refractivity contribution in [2.75, 3.05) is 11.9 Å². The van der Waals surface area contributed by atoms with E-state index in [9.17, 15) is 4.79 Å². The number of amides is 1. The van der Waals surface area contributed by atoms with Crippen LogP contribution in [0.2, 0.25) is 5.02 Å². The van der Waals surface area contributed by atoms with Crippen molar-refractivity contribution >= 4 is 39.3 Å². The topological polar surface area (TPSA) is 77.2 Å². The van der Waals surface area contributed by atoms with E-state index in [1.54, 1.807) is 36.4 Å². The van der Waals surface area contributed by atoms with Crippen molar-refractivity contribution < 1.29 is 14.2 Å². The minimum atomic E-state index is -0.371. The molecule has 8 heteroatoms. The number of benzene rings is 2. The maximum absolute atomic E-state index is 12.0. The summed E-state index contributed by atoms with van der Waals surface area (Å²) in [6.07, 6.45) is 0. The molecular formula is C16H11BrClN3O3. The summed E-state index contributed by atoms with van der Waals surface area (Å²) < 4.78 is 11.0. The average Bonchev–Trinajstić information content (AvgIpc) is 3.03. The zero-order valence-electron chi connectivity index (χ0n) is 12.2. The average molecular weight is 409 g/mol. The monoisotopic (exact) mass is 407 g/mol. The van der Waals surface area contributed by atoms with Gasteiger partial charge >= 0.3 is 0 Å². The van der Waals surface area contributed by atoms with E-state index in [1.165, 1.54) is 0 Å². The SMILES string of the molecule is O=C(COc1ccc(Br)cc1)Nc1nonc1-c1ccc(Cl)cc1. The summed E-state index contributed by atoms with van der Waals surface area (Å²) in [5.74, 6) is 0.440. The molecule has 0 saturated heterocycles. The second-order valence-electron chi connectivity index (χ2n) is 4.76. The van der Waals surface area contributed by atoms with E-state index in [0.29, 0.717) is 16.5 Å². The molecule has 0 bridgehead atoms. The maximum atomic E-state index is 12.0. The first-order valence-electron chi connectivity index (χ1n) is 6.88. The molecule has 3 aromatic rings. The number of hydrogen-bond donors (Lipinski definition) is 1. The lowest BCUT2D eigenvalue weighted by Crippen LogP contribution is -2.20. The highest BCUT2D eigenvalue weighted by atomic mass is 79.9. The van der Waals surface area contributed by atoms with Crippen LogP contribution >= 0.6 is 27.5 Å². The molecule has 0 spiro atoms. The van der Waals surface area contributed by atoms with Gasteiger partial charge < -0.3 is 10.1 Å². The zero-order valence-corrected chi connectivity index (χ0v) is 14.5. The molecule has 122 valence electrons. The third kappa shape index (κ3) is 4.12. The molecule has 0 radical (unpaired) electrons. The fourth-order valence-corrected chi connectivity index (χ4v) is 2.31. The van der Waals surface area contributed by atoms with Crippen LogP contribution in [0.3, 0.4) is 0 Å². The van der Waals surface area contributed by atoms with Crippen LogP contribution in [0.1, 0.15) is 0 Å². The fraction of sp³-hybridized carbons (Fsp3) is 0.0625. The molecule has 1 aromatic heterocycles. The highest BCUT2D eigenvalue weighted by Gasteiger charge is 2.15. The Balaban J connectivity index is 1.64. The highest BCUT2D eigenvalue weighted by molar-refractivity contribution is 9.10. The third-order valence-electron chi connectivity index (χ3n) is 3.05. The van der Waals surface area contributed by atoms with Gasteiger partial charge in [0.05, 0.1) is 0 Å². The Hall–Kier alpha value is -2.38. The summed E-state index contributed by atoms with van der Waals surface area (Å²) in [5, 5.41) is 10.7. The summed E-state index contributed by atoms with van der Waals surface area (Å²) in [4.78, 5) is 12.0. The van der Waals surface area contributed by atoms with Crippen LogP contribution in [0.15, 0.2) is 57.6 Å². The Morgan fingerprint density at radius 1 is 1.12 bits per heavy atom. The minimum Gasteiger partial charge on any atom is -0.484 e. The van der Waals surface area contributed by atoms with Crippen molar-refractivity contribution in [1.82, 2.24) is 10.3 Å². The van der Waals surface area contributed by atoms with E-state index in [0.717, 1.165) is 10.0 Å². The van der Waals surface area contributed by atoms with Crippen molar-refractivity contribution in [3.63, 3.8) is 0 Å². The molecular weight excluding hydrogens is 398 g/mol. The largest absolute Gasteiger partial charge is 0.484 e. The number of nitrogens with zero attached hydrogens (tertiary/aromatic N) is 2. The molecule has 0 aliphatic heterocycles. The summed E-state index contributed by atoms with van der Waals surface area (Å²) in [6.45, 7) is -0.158. The summed E-state index contributed by atoms with van der Waals surface area (Å²) in [7, 11) is 0. The van der Waals surface area contributed by atoms with Crippen LogP contribution in [0, 0.1) is 0 Å². The quantitative estimate of drug-likeness (QED) is 0.685. The molecule has 1 amide bonds. The first-order valence-corrected chi connectivity index (χ1v) is 8.05. The Morgan fingerprint density at radius 2 is 1.83 bits per heavy atom. The van der Waals surface area contributed by atoms with E-state index in [4.69, 9.17) is 21.0 Å². The lowest BCUT2D eigenvalue weighted by Gasteiger charge is -2.06. The van der Waals surface area contributed by atoms with Crippen LogP contribution < -0.4 is 10.1 Å². The highest BCUT2D eigenvalue weighted by Crippen LogP contribution is 2.25. The predicted molar refractivity (Wildman–Crippen MR) is 93.0 cm³/mol.